The normalized spacial score (nSPS) is 14.5. The maximum absolute atomic E-state index is 11.8. The number of nitrogen functional groups attached to an aromatic ring is 1. The monoisotopic (exact) mass is 327 g/mol. The van der Waals surface area contributed by atoms with Crippen molar-refractivity contribution >= 4 is 21.6 Å². The molecule has 0 aromatic heterocycles. The van der Waals surface area contributed by atoms with Gasteiger partial charge in [0.1, 0.15) is 6.04 Å². The first-order valence-electron chi connectivity index (χ1n) is 7.36. The lowest BCUT2D eigenvalue weighted by atomic mass is 9.86. The van der Waals surface area contributed by atoms with Crippen molar-refractivity contribution < 1.29 is 13.2 Å². The van der Waals surface area contributed by atoms with Crippen LogP contribution in [0.4, 0.5) is 5.69 Å². The number of hydrogen-bond donors (Lipinski definition) is 3. The molecule has 1 aromatic rings. The summed E-state index contributed by atoms with van der Waals surface area (Å²) in [5.41, 5.74) is 12.6. The maximum Gasteiger partial charge on any atom is 0.236 e. The first kappa shape index (κ1) is 18.4. The van der Waals surface area contributed by atoms with E-state index in [0.717, 1.165) is 31.1 Å². The highest BCUT2D eigenvalue weighted by Crippen LogP contribution is 2.27. The molecule has 6 nitrogen and oxygen atoms in total. The first-order chi connectivity index (χ1) is 10.2. The molecule has 0 bridgehead atoms. The van der Waals surface area contributed by atoms with Gasteiger partial charge in [-0.25, -0.2) is 13.1 Å². The summed E-state index contributed by atoms with van der Waals surface area (Å²) in [6.07, 6.45) is 4.63. The van der Waals surface area contributed by atoms with E-state index in [4.69, 9.17) is 11.5 Å². The number of nitrogens with one attached hydrogen (secondary N) is 1. The van der Waals surface area contributed by atoms with Crippen LogP contribution in [0.1, 0.15) is 44.1 Å². The second-order valence-electron chi connectivity index (χ2n) is 5.54. The summed E-state index contributed by atoms with van der Waals surface area (Å²) in [5, 5.41) is 0. The Morgan fingerprint density at radius 1 is 1.23 bits per heavy atom. The smallest absolute Gasteiger partial charge is 0.236 e. The molecule has 0 aliphatic carbocycles. The van der Waals surface area contributed by atoms with E-state index in [2.05, 4.69) is 11.6 Å². The van der Waals surface area contributed by atoms with E-state index in [1.54, 1.807) is 12.1 Å². The van der Waals surface area contributed by atoms with Gasteiger partial charge in [0, 0.05) is 11.6 Å². The fraction of sp³-hybridized carbons (Fsp3) is 0.533. The lowest BCUT2D eigenvalue weighted by molar-refractivity contribution is -0.120. The van der Waals surface area contributed by atoms with E-state index in [1.165, 1.54) is 0 Å². The second kappa shape index (κ2) is 8.14. The van der Waals surface area contributed by atoms with Crippen molar-refractivity contribution in [3.8, 4) is 0 Å². The quantitative estimate of drug-likeness (QED) is 0.469. The largest absolute Gasteiger partial charge is 0.399 e. The zero-order valence-electron chi connectivity index (χ0n) is 13.1. The highest BCUT2D eigenvalue weighted by molar-refractivity contribution is 7.88. The van der Waals surface area contributed by atoms with Crippen LogP contribution in [0.25, 0.3) is 0 Å². The van der Waals surface area contributed by atoms with Gasteiger partial charge >= 0.3 is 0 Å². The summed E-state index contributed by atoms with van der Waals surface area (Å²) >= 11 is 0. The second-order valence-corrected chi connectivity index (χ2v) is 7.32. The third kappa shape index (κ3) is 6.03. The molecule has 0 heterocycles. The molecular formula is C15H25N3O3S. The molecule has 0 aliphatic heterocycles. The summed E-state index contributed by atoms with van der Waals surface area (Å²) in [7, 11) is -3.54. The number of amides is 1. The number of carbonyl (C=O) groups is 1. The number of benzene rings is 1. The molecule has 0 radical (unpaired) electrons. The summed E-state index contributed by atoms with van der Waals surface area (Å²) < 4.78 is 25.4. The van der Waals surface area contributed by atoms with Crippen molar-refractivity contribution in [2.75, 3.05) is 12.0 Å². The molecule has 7 heteroatoms. The van der Waals surface area contributed by atoms with Crippen molar-refractivity contribution in [3.63, 3.8) is 0 Å². The predicted octanol–water partition coefficient (Wildman–Crippen LogP) is 1.34. The van der Waals surface area contributed by atoms with Crippen LogP contribution in [-0.4, -0.2) is 26.6 Å². The highest BCUT2D eigenvalue weighted by atomic mass is 32.2. The van der Waals surface area contributed by atoms with Crippen LogP contribution >= 0.6 is 0 Å². The van der Waals surface area contributed by atoms with Crippen molar-refractivity contribution in [3.05, 3.63) is 29.8 Å². The number of carbonyl (C=O) groups excluding carboxylic acids is 1. The number of unbranched alkanes of at least 4 members (excludes halogenated alkanes) is 2. The molecule has 2 unspecified atom stereocenters. The molecule has 2 atom stereocenters. The number of nitrogens with two attached hydrogens (primary N) is 2. The van der Waals surface area contributed by atoms with Crippen LogP contribution in [0.5, 0.6) is 0 Å². The summed E-state index contributed by atoms with van der Waals surface area (Å²) in [5.74, 6) is -0.983. The van der Waals surface area contributed by atoms with E-state index >= 15 is 0 Å². The third-order valence-electron chi connectivity index (χ3n) is 3.53. The minimum absolute atomic E-state index is 0.306. The SMILES string of the molecule is CCCCCC(c1ccc(N)cc1)C(NS(C)(=O)=O)C(N)=O. The Balaban J connectivity index is 3.09. The van der Waals surface area contributed by atoms with Crippen LogP contribution in [-0.2, 0) is 14.8 Å². The van der Waals surface area contributed by atoms with Gasteiger partial charge in [-0.15, -0.1) is 0 Å². The lowest BCUT2D eigenvalue weighted by Gasteiger charge is -2.25. The van der Waals surface area contributed by atoms with Crippen molar-refractivity contribution in [1.82, 2.24) is 4.72 Å². The molecule has 1 amide bonds. The number of anilines is 1. The van der Waals surface area contributed by atoms with Gasteiger partial charge in [0.25, 0.3) is 0 Å². The zero-order valence-corrected chi connectivity index (χ0v) is 13.9. The number of hydrogen-bond acceptors (Lipinski definition) is 4. The Morgan fingerprint density at radius 2 is 1.82 bits per heavy atom. The zero-order chi connectivity index (χ0) is 16.8. The van der Waals surface area contributed by atoms with Gasteiger partial charge < -0.3 is 11.5 Å². The maximum atomic E-state index is 11.8. The van der Waals surface area contributed by atoms with Crippen LogP contribution in [0, 0.1) is 0 Å². The average Bonchev–Trinajstić information content (AvgIpc) is 2.42. The van der Waals surface area contributed by atoms with Crippen LogP contribution < -0.4 is 16.2 Å². The van der Waals surface area contributed by atoms with E-state index in [-0.39, 0.29) is 5.92 Å². The molecule has 0 spiro atoms. The molecule has 0 saturated heterocycles. The molecule has 1 aromatic carbocycles. The van der Waals surface area contributed by atoms with Gasteiger partial charge in [0.15, 0.2) is 0 Å². The van der Waals surface area contributed by atoms with Crippen LogP contribution in [0.2, 0.25) is 0 Å². The molecule has 22 heavy (non-hydrogen) atoms. The van der Waals surface area contributed by atoms with Gasteiger partial charge in [0.2, 0.25) is 15.9 Å². The topological polar surface area (TPSA) is 115 Å². The summed E-state index contributed by atoms with van der Waals surface area (Å²) in [4.78, 5) is 11.8. The Kier molecular flexibility index (Phi) is 6.83. The summed E-state index contributed by atoms with van der Waals surface area (Å²) in [6.45, 7) is 2.08. The standard InChI is InChI=1S/C15H25N3O3S/c1-3-4-5-6-13(11-7-9-12(16)10-8-11)14(15(17)19)18-22(2,20)21/h7-10,13-14,18H,3-6,16H2,1-2H3,(H2,17,19). The van der Waals surface area contributed by atoms with Crippen LogP contribution in [0.15, 0.2) is 24.3 Å². The van der Waals surface area contributed by atoms with Gasteiger partial charge in [-0.1, -0.05) is 38.3 Å². The fourth-order valence-electron chi connectivity index (χ4n) is 2.45. The van der Waals surface area contributed by atoms with Gasteiger partial charge in [-0.2, -0.15) is 0 Å². The van der Waals surface area contributed by atoms with Crippen molar-refractivity contribution in [1.29, 1.82) is 0 Å². The van der Waals surface area contributed by atoms with Crippen LogP contribution in [0.3, 0.4) is 0 Å². The Bertz CT molecular complexity index is 585. The first-order valence-corrected chi connectivity index (χ1v) is 9.25. The van der Waals surface area contributed by atoms with Crippen molar-refractivity contribution in [2.45, 2.75) is 44.6 Å². The van der Waals surface area contributed by atoms with E-state index in [9.17, 15) is 13.2 Å². The molecule has 0 aliphatic rings. The minimum atomic E-state index is -3.54. The van der Waals surface area contributed by atoms with Crippen molar-refractivity contribution in [2.24, 2.45) is 5.73 Å². The molecule has 5 N–H and O–H groups in total. The van der Waals surface area contributed by atoms with Gasteiger partial charge in [-0.05, 0) is 24.1 Å². The molecule has 0 saturated carbocycles. The minimum Gasteiger partial charge on any atom is -0.399 e. The average molecular weight is 327 g/mol. The Labute approximate surface area is 132 Å². The number of sulfonamides is 1. The number of primary amides is 1. The third-order valence-corrected chi connectivity index (χ3v) is 4.22. The highest BCUT2D eigenvalue weighted by Gasteiger charge is 2.30. The van der Waals surface area contributed by atoms with E-state index < -0.39 is 22.0 Å². The van der Waals surface area contributed by atoms with Gasteiger partial charge in [-0.3, -0.25) is 4.79 Å². The molecule has 124 valence electrons. The fourth-order valence-corrected chi connectivity index (χ4v) is 3.19. The number of rotatable bonds is 9. The predicted molar refractivity (Wildman–Crippen MR) is 88.7 cm³/mol. The lowest BCUT2D eigenvalue weighted by Crippen LogP contribution is -2.47. The Morgan fingerprint density at radius 3 is 2.27 bits per heavy atom. The molecule has 1 rings (SSSR count). The Hall–Kier alpha value is -1.60. The molecule has 0 fully saturated rings. The van der Waals surface area contributed by atoms with E-state index in [1.807, 2.05) is 12.1 Å². The van der Waals surface area contributed by atoms with Gasteiger partial charge in [0.05, 0.1) is 6.26 Å². The van der Waals surface area contributed by atoms with E-state index in [0.29, 0.717) is 12.1 Å². The summed E-state index contributed by atoms with van der Waals surface area (Å²) in [6, 6.07) is 6.13. The molecular weight excluding hydrogens is 302 g/mol.